The van der Waals surface area contributed by atoms with E-state index in [1.165, 1.54) is 12.8 Å². The minimum Gasteiger partial charge on any atom is -0.494 e. The Morgan fingerprint density at radius 2 is 1.41 bits per heavy atom. The summed E-state index contributed by atoms with van der Waals surface area (Å²) >= 11 is 0. The quantitative estimate of drug-likeness (QED) is 0.260. The van der Waals surface area contributed by atoms with Crippen LogP contribution in [0.3, 0.4) is 0 Å². The molecular weight excluding hydrogens is 428 g/mol. The van der Waals surface area contributed by atoms with Crippen molar-refractivity contribution in [1.29, 1.82) is 0 Å². The van der Waals surface area contributed by atoms with Gasteiger partial charge in [0.1, 0.15) is 11.9 Å². The standard InChI is InChI=1S/C29H40O5/c1-3-5-7-21-32-26-15-11-24(12-16-26)23-9-13-25(14-10-23)29(31)19-17-27(18-20-29)34-28(30)33-22-8-6-4-2/h9-16,27,31H,3-8,17-22H2,1-2H3. The zero-order chi connectivity index (χ0) is 24.2. The largest absolute Gasteiger partial charge is 0.508 e. The number of hydrogen-bond donors (Lipinski definition) is 1. The average molecular weight is 469 g/mol. The molecule has 1 saturated carbocycles. The summed E-state index contributed by atoms with van der Waals surface area (Å²) in [5.41, 5.74) is 2.24. The van der Waals surface area contributed by atoms with Crippen molar-refractivity contribution in [3.63, 3.8) is 0 Å². The van der Waals surface area contributed by atoms with Gasteiger partial charge >= 0.3 is 6.16 Å². The molecular formula is C29H40O5. The van der Waals surface area contributed by atoms with E-state index in [9.17, 15) is 9.90 Å². The molecule has 0 amide bonds. The Kier molecular flexibility index (Phi) is 10.3. The third kappa shape index (κ3) is 7.76. The van der Waals surface area contributed by atoms with Crippen molar-refractivity contribution >= 4 is 6.16 Å². The fourth-order valence-corrected chi connectivity index (χ4v) is 4.41. The second-order valence-electron chi connectivity index (χ2n) is 9.31. The van der Waals surface area contributed by atoms with Gasteiger partial charge in [-0.05, 0) is 67.3 Å². The predicted octanol–water partition coefficient (Wildman–Crippen LogP) is 7.40. The summed E-state index contributed by atoms with van der Waals surface area (Å²) in [6, 6.07) is 16.3. The van der Waals surface area contributed by atoms with Gasteiger partial charge in [-0.1, -0.05) is 75.9 Å². The zero-order valence-corrected chi connectivity index (χ0v) is 20.8. The molecule has 0 radical (unpaired) electrons. The van der Waals surface area contributed by atoms with Gasteiger partial charge in [-0.25, -0.2) is 4.79 Å². The van der Waals surface area contributed by atoms with E-state index in [-0.39, 0.29) is 6.10 Å². The molecule has 1 N–H and O–H groups in total. The van der Waals surface area contributed by atoms with E-state index < -0.39 is 11.8 Å². The van der Waals surface area contributed by atoms with Crippen LogP contribution in [0.25, 0.3) is 11.1 Å². The van der Waals surface area contributed by atoms with E-state index >= 15 is 0 Å². The average Bonchev–Trinajstić information content (AvgIpc) is 2.87. The van der Waals surface area contributed by atoms with Gasteiger partial charge in [-0.3, -0.25) is 0 Å². The van der Waals surface area contributed by atoms with E-state index in [2.05, 4.69) is 38.1 Å². The third-order valence-corrected chi connectivity index (χ3v) is 6.62. The topological polar surface area (TPSA) is 65.0 Å². The van der Waals surface area contributed by atoms with Crippen molar-refractivity contribution in [2.75, 3.05) is 13.2 Å². The molecule has 2 aromatic rings. The maximum atomic E-state index is 11.9. The first-order valence-corrected chi connectivity index (χ1v) is 12.9. The summed E-state index contributed by atoms with van der Waals surface area (Å²) < 4.78 is 16.4. The van der Waals surface area contributed by atoms with Crippen LogP contribution in [0.1, 0.15) is 83.6 Å². The summed E-state index contributed by atoms with van der Waals surface area (Å²) in [5.74, 6) is 0.898. The van der Waals surface area contributed by atoms with Crippen molar-refractivity contribution < 1.29 is 24.1 Å². The summed E-state index contributed by atoms with van der Waals surface area (Å²) in [6.45, 7) is 5.46. The minimum atomic E-state index is -0.889. The van der Waals surface area contributed by atoms with Crippen LogP contribution in [-0.4, -0.2) is 30.6 Å². The van der Waals surface area contributed by atoms with Crippen molar-refractivity contribution in [3.8, 4) is 16.9 Å². The first-order valence-electron chi connectivity index (χ1n) is 12.9. The molecule has 0 atom stereocenters. The molecule has 2 aromatic carbocycles. The molecule has 3 rings (SSSR count). The Balaban J connectivity index is 1.48. The Morgan fingerprint density at radius 1 is 0.853 bits per heavy atom. The highest BCUT2D eigenvalue weighted by Gasteiger charge is 2.36. The molecule has 5 heteroatoms. The third-order valence-electron chi connectivity index (χ3n) is 6.62. The zero-order valence-electron chi connectivity index (χ0n) is 20.8. The van der Waals surface area contributed by atoms with Gasteiger partial charge in [0, 0.05) is 0 Å². The molecule has 1 aliphatic carbocycles. The van der Waals surface area contributed by atoms with Crippen molar-refractivity contribution in [3.05, 3.63) is 54.1 Å². The number of benzene rings is 2. The molecule has 0 bridgehead atoms. The summed E-state index contributed by atoms with van der Waals surface area (Å²) in [4.78, 5) is 11.9. The lowest BCUT2D eigenvalue weighted by molar-refractivity contribution is -0.0538. The van der Waals surface area contributed by atoms with Gasteiger partial charge < -0.3 is 19.3 Å². The van der Waals surface area contributed by atoms with Crippen LogP contribution in [0.15, 0.2) is 48.5 Å². The molecule has 34 heavy (non-hydrogen) atoms. The number of carbonyl (C=O) groups excluding carboxylic acids is 1. The number of unbranched alkanes of at least 4 members (excludes halogenated alkanes) is 4. The number of carbonyl (C=O) groups is 1. The highest BCUT2D eigenvalue weighted by atomic mass is 16.7. The second-order valence-corrected chi connectivity index (χ2v) is 9.31. The Morgan fingerprint density at radius 3 is 2.00 bits per heavy atom. The van der Waals surface area contributed by atoms with Gasteiger partial charge in [0.05, 0.1) is 18.8 Å². The molecule has 5 nitrogen and oxygen atoms in total. The Labute approximate surface area is 204 Å². The molecule has 0 aromatic heterocycles. The van der Waals surface area contributed by atoms with Crippen LogP contribution in [0.5, 0.6) is 5.75 Å². The van der Waals surface area contributed by atoms with Crippen LogP contribution in [0, 0.1) is 0 Å². The van der Waals surface area contributed by atoms with E-state index in [4.69, 9.17) is 14.2 Å². The monoisotopic (exact) mass is 468 g/mol. The smallest absolute Gasteiger partial charge is 0.494 e. The molecule has 186 valence electrons. The number of aliphatic hydroxyl groups is 1. The lowest BCUT2D eigenvalue weighted by Gasteiger charge is -2.36. The first kappa shape index (κ1) is 26.1. The molecule has 0 heterocycles. The van der Waals surface area contributed by atoms with E-state index in [1.54, 1.807) is 0 Å². The van der Waals surface area contributed by atoms with Crippen LogP contribution >= 0.6 is 0 Å². The summed E-state index contributed by atoms with van der Waals surface area (Å²) in [7, 11) is 0. The fraction of sp³-hybridized carbons (Fsp3) is 0.552. The number of ether oxygens (including phenoxy) is 3. The van der Waals surface area contributed by atoms with Gasteiger partial charge in [-0.2, -0.15) is 0 Å². The highest BCUT2D eigenvalue weighted by Crippen LogP contribution is 2.39. The summed E-state index contributed by atoms with van der Waals surface area (Å²) in [5, 5.41) is 11.2. The summed E-state index contributed by atoms with van der Waals surface area (Å²) in [6.07, 6.45) is 8.04. The van der Waals surface area contributed by atoms with Crippen molar-refractivity contribution in [1.82, 2.24) is 0 Å². The predicted molar refractivity (Wildman–Crippen MR) is 135 cm³/mol. The maximum Gasteiger partial charge on any atom is 0.508 e. The normalized spacial score (nSPS) is 20.0. The van der Waals surface area contributed by atoms with Crippen molar-refractivity contribution in [2.24, 2.45) is 0 Å². The van der Waals surface area contributed by atoms with Crippen molar-refractivity contribution in [2.45, 2.75) is 89.8 Å². The Hall–Kier alpha value is -2.53. The SMILES string of the molecule is CCCCCOC(=O)OC1CCC(O)(c2ccc(-c3ccc(OCCCCC)cc3)cc2)CC1. The molecule has 0 aliphatic heterocycles. The Bertz CT molecular complexity index is 851. The van der Waals surface area contributed by atoms with Gasteiger partial charge in [0.25, 0.3) is 0 Å². The molecule has 0 saturated heterocycles. The van der Waals surface area contributed by atoms with Crippen LogP contribution in [0.4, 0.5) is 4.79 Å². The molecule has 1 fully saturated rings. The van der Waals surface area contributed by atoms with Gasteiger partial charge in [0.15, 0.2) is 0 Å². The van der Waals surface area contributed by atoms with Crippen LogP contribution in [-0.2, 0) is 15.1 Å². The second kappa shape index (κ2) is 13.4. The van der Waals surface area contributed by atoms with Gasteiger partial charge in [-0.15, -0.1) is 0 Å². The van der Waals surface area contributed by atoms with E-state index in [0.29, 0.717) is 32.3 Å². The fourth-order valence-electron chi connectivity index (χ4n) is 4.41. The van der Waals surface area contributed by atoms with E-state index in [0.717, 1.165) is 54.7 Å². The number of rotatable bonds is 12. The lowest BCUT2D eigenvalue weighted by atomic mass is 9.78. The van der Waals surface area contributed by atoms with Crippen LogP contribution < -0.4 is 4.74 Å². The molecule has 0 spiro atoms. The highest BCUT2D eigenvalue weighted by molar-refractivity contribution is 5.64. The maximum absolute atomic E-state index is 11.9. The minimum absolute atomic E-state index is 0.194. The van der Waals surface area contributed by atoms with Gasteiger partial charge in [0.2, 0.25) is 0 Å². The molecule has 1 aliphatic rings. The molecule has 0 unspecified atom stereocenters. The van der Waals surface area contributed by atoms with E-state index in [1.807, 2.05) is 24.3 Å². The van der Waals surface area contributed by atoms with Crippen LogP contribution in [0.2, 0.25) is 0 Å². The first-order chi connectivity index (χ1) is 16.5. The number of hydrogen-bond acceptors (Lipinski definition) is 5. The lowest BCUT2D eigenvalue weighted by Crippen LogP contribution is -2.35.